The Kier molecular flexibility index (Phi) is 4.06. The molecule has 2 rings (SSSR count). The molecule has 0 aliphatic heterocycles. The van der Waals surface area contributed by atoms with Crippen LogP contribution >= 0.6 is 12.4 Å². The van der Waals surface area contributed by atoms with Crippen LogP contribution < -0.4 is 11.5 Å². The number of fused-ring (bicyclic) bond motifs is 1. The third kappa shape index (κ3) is 1.66. The van der Waals surface area contributed by atoms with E-state index in [1.165, 1.54) is 6.92 Å². The van der Waals surface area contributed by atoms with E-state index in [0.29, 0.717) is 0 Å². The van der Waals surface area contributed by atoms with Crippen molar-refractivity contribution >= 4 is 30.3 Å². The van der Waals surface area contributed by atoms with Gasteiger partial charge in [0.1, 0.15) is 0 Å². The highest BCUT2D eigenvalue weighted by Crippen LogP contribution is 2.73. The summed E-state index contributed by atoms with van der Waals surface area (Å²) in [6.07, 6.45) is 0.0555. The van der Waals surface area contributed by atoms with Crippen molar-refractivity contribution in [2.45, 2.75) is 37.3 Å². The smallest absolute Gasteiger partial charge is 0.337 e. The highest BCUT2D eigenvalue weighted by atomic mass is 35.5. The molecule has 1 amide bonds. The summed E-state index contributed by atoms with van der Waals surface area (Å²) in [5.74, 6) is -5.51. The second-order valence-corrected chi connectivity index (χ2v) is 5.68. The van der Waals surface area contributed by atoms with Crippen molar-refractivity contribution < 1.29 is 29.7 Å². The average Bonchev–Trinajstić information content (AvgIpc) is 2.96. The first-order valence-electron chi connectivity index (χ1n) is 6.38. The molecule has 0 saturated heterocycles. The van der Waals surface area contributed by atoms with E-state index >= 15 is 0 Å². The molecule has 5 atom stereocenters. The standard InChI is InChI=1S/C12H18N2O6.ClH/c1-2-10(20,9(18)19)11(14)4-3-5-6(7(15)16)12(5,11)8(13)17;/h5-6,20H,2-4,14H2,1H3,(H2,13,17)(H,15,16)(H,18,19);1H/t5-,6-,10?,11-,12-;/m1./s1. The van der Waals surface area contributed by atoms with Crippen LogP contribution in [0.4, 0.5) is 0 Å². The molecule has 8 nitrogen and oxygen atoms in total. The number of hydrogen-bond acceptors (Lipinski definition) is 5. The molecule has 0 spiro atoms. The van der Waals surface area contributed by atoms with Crippen molar-refractivity contribution in [1.82, 2.24) is 0 Å². The van der Waals surface area contributed by atoms with Crippen LogP contribution in [0.25, 0.3) is 0 Å². The highest BCUT2D eigenvalue weighted by Gasteiger charge is 2.86. The summed E-state index contributed by atoms with van der Waals surface area (Å²) >= 11 is 0. The summed E-state index contributed by atoms with van der Waals surface area (Å²) in [6.45, 7) is 1.42. The number of carboxylic acid groups (broad SMARTS) is 2. The molecule has 120 valence electrons. The van der Waals surface area contributed by atoms with E-state index in [1.807, 2.05) is 0 Å². The number of primary amides is 1. The normalized spacial score (nSPS) is 39.6. The maximum Gasteiger partial charge on any atom is 0.337 e. The van der Waals surface area contributed by atoms with E-state index < -0.39 is 46.2 Å². The van der Waals surface area contributed by atoms with Crippen LogP contribution in [0.1, 0.15) is 26.2 Å². The van der Waals surface area contributed by atoms with E-state index in [4.69, 9.17) is 11.5 Å². The van der Waals surface area contributed by atoms with Gasteiger partial charge in [0.2, 0.25) is 5.91 Å². The Bertz CT molecular complexity index is 514. The molecule has 0 aromatic rings. The van der Waals surface area contributed by atoms with Gasteiger partial charge in [0, 0.05) is 0 Å². The zero-order valence-electron chi connectivity index (χ0n) is 11.4. The van der Waals surface area contributed by atoms with E-state index in [0.717, 1.165) is 0 Å². The number of aliphatic carboxylic acids is 2. The molecular weight excluding hydrogens is 304 g/mol. The van der Waals surface area contributed by atoms with E-state index in [2.05, 4.69) is 0 Å². The average molecular weight is 323 g/mol. The van der Waals surface area contributed by atoms with Crippen LogP contribution in [0.5, 0.6) is 0 Å². The van der Waals surface area contributed by atoms with Gasteiger partial charge in [0.25, 0.3) is 0 Å². The van der Waals surface area contributed by atoms with E-state index in [9.17, 15) is 29.7 Å². The lowest BCUT2D eigenvalue weighted by molar-refractivity contribution is -0.174. The van der Waals surface area contributed by atoms with Gasteiger partial charge in [-0.1, -0.05) is 6.92 Å². The fourth-order valence-corrected chi connectivity index (χ4v) is 4.18. The Hall–Kier alpha value is -1.38. The summed E-state index contributed by atoms with van der Waals surface area (Å²) < 4.78 is 0. The Labute approximate surface area is 126 Å². The SMILES string of the molecule is CCC(O)(C(=O)O)[C@]1(N)CC[C@@H]2[C@H](C(=O)O)[C@@]21C(N)=O.Cl. The molecule has 2 fully saturated rings. The van der Waals surface area contributed by atoms with Gasteiger partial charge in [-0.15, -0.1) is 12.4 Å². The summed E-state index contributed by atoms with van der Waals surface area (Å²) in [7, 11) is 0. The van der Waals surface area contributed by atoms with Crippen molar-refractivity contribution in [3.8, 4) is 0 Å². The van der Waals surface area contributed by atoms with Crippen LogP contribution in [-0.2, 0) is 14.4 Å². The lowest BCUT2D eigenvalue weighted by Crippen LogP contribution is -2.71. The molecule has 0 bridgehead atoms. The largest absolute Gasteiger partial charge is 0.481 e. The number of halogens is 1. The van der Waals surface area contributed by atoms with Crippen LogP contribution in [0, 0.1) is 17.3 Å². The van der Waals surface area contributed by atoms with Crippen molar-refractivity contribution in [3.63, 3.8) is 0 Å². The Balaban J connectivity index is 0.00000220. The van der Waals surface area contributed by atoms with Gasteiger partial charge < -0.3 is 26.8 Å². The van der Waals surface area contributed by atoms with Gasteiger partial charge in [-0.25, -0.2) is 4.79 Å². The molecular formula is C12H19ClN2O6. The van der Waals surface area contributed by atoms with E-state index in [-0.39, 0.29) is 31.7 Å². The quantitative estimate of drug-likeness (QED) is 0.430. The molecule has 0 heterocycles. The predicted molar refractivity (Wildman–Crippen MR) is 72.5 cm³/mol. The van der Waals surface area contributed by atoms with Gasteiger partial charge in [0.15, 0.2) is 5.60 Å². The maximum absolute atomic E-state index is 11.9. The zero-order valence-corrected chi connectivity index (χ0v) is 12.2. The van der Waals surface area contributed by atoms with Gasteiger partial charge >= 0.3 is 11.9 Å². The first kappa shape index (κ1) is 17.7. The number of aliphatic hydroxyl groups is 1. The van der Waals surface area contributed by atoms with Crippen LogP contribution in [0.15, 0.2) is 0 Å². The molecule has 0 aromatic carbocycles. The molecule has 1 unspecified atom stereocenters. The number of carboxylic acids is 2. The van der Waals surface area contributed by atoms with Crippen molar-refractivity contribution in [3.05, 3.63) is 0 Å². The van der Waals surface area contributed by atoms with Crippen molar-refractivity contribution in [2.75, 3.05) is 0 Å². The van der Waals surface area contributed by atoms with Gasteiger partial charge in [-0.2, -0.15) is 0 Å². The number of hydrogen-bond donors (Lipinski definition) is 5. The molecule has 2 aliphatic rings. The molecule has 0 aromatic heterocycles. The van der Waals surface area contributed by atoms with Crippen molar-refractivity contribution in [2.24, 2.45) is 28.7 Å². The second-order valence-electron chi connectivity index (χ2n) is 5.68. The summed E-state index contributed by atoms with van der Waals surface area (Å²) in [5.41, 5.74) is 5.49. The minimum Gasteiger partial charge on any atom is -0.481 e. The fourth-order valence-electron chi connectivity index (χ4n) is 4.18. The molecule has 2 saturated carbocycles. The number of rotatable bonds is 5. The maximum atomic E-state index is 11.9. The Morgan fingerprint density at radius 3 is 2.14 bits per heavy atom. The van der Waals surface area contributed by atoms with Crippen molar-refractivity contribution in [1.29, 1.82) is 0 Å². The summed E-state index contributed by atoms with van der Waals surface area (Å²) in [4.78, 5) is 34.5. The minimum atomic E-state index is -2.39. The highest BCUT2D eigenvalue weighted by molar-refractivity contribution is 5.97. The summed E-state index contributed by atoms with van der Waals surface area (Å²) in [6, 6.07) is 0. The predicted octanol–water partition coefficient (Wildman–Crippen LogP) is -1.07. The molecule has 7 N–H and O–H groups in total. The fraction of sp³-hybridized carbons (Fsp3) is 0.750. The number of nitrogens with two attached hydrogens (primary N) is 2. The number of carbonyl (C=O) groups excluding carboxylic acids is 1. The Morgan fingerprint density at radius 1 is 1.33 bits per heavy atom. The molecule has 9 heteroatoms. The van der Waals surface area contributed by atoms with Crippen LogP contribution in [0.2, 0.25) is 0 Å². The number of amides is 1. The summed E-state index contributed by atoms with van der Waals surface area (Å²) in [5, 5.41) is 28.9. The monoisotopic (exact) mass is 322 g/mol. The first-order chi connectivity index (χ1) is 9.11. The lowest BCUT2D eigenvalue weighted by atomic mass is 9.66. The molecule has 21 heavy (non-hydrogen) atoms. The second kappa shape index (κ2) is 4.82. The third-order valence-electron chi connectivity index (χ3n) is 5.23. The molecule has 2 aliphatic carbocycles. The molecule has 0 radical (unpaired) electrons. The van der Waals surface area contributed by atoms with Crippen LogP contribution in [-0.4, -0.2) is 44.3 Å². The van der Waals surface area contributed by atoms with Crippen LogP contribution in [0.3, 0.4) is 0 Å². The van der Waals surface area contributed by atoms with Gasteiger partial charge in [-0.05, 0) is 25.2 Å². The van der Waals surface area contributed by atoms with Gasteiger partial charge in [0.05, 0.1) is 16.9 Å². The minimum absolute atomic E-state index is 0. The first-order valence-corrected chi connectivity index (χ1v) is 6.38. The third-order valence-corrected chi connectivity index (χ3v) is 5.23. The Morgan fingerprint density at radius 2 is 1.86 bits per heavy atom. The lowest BCUT2D eigenvalue weighted by Gasteiger charge is -2.44. The van der Waals surface area contributed by atoms with E-state index in [1.54, 1.807) is 0 Å². The zero-order chi connectivity index (χ0) is 15.5. The van der Waals surface area contributed by atoms with Gasteiger partial charge in [-0.3, -0.25) is 9.59 Å². The number of carbonyl (C=O) groups is 3. The topological polar surface area (TPSA) is 164 Å².